The van der Waals surface area contributed by atoms with Crippen LogP contribution in [-0.4, -0.2) is 0 Å². The van der Waals surface area contributed by atoms with Crippen LogP contribution in [0.1, 0.15) is 16.9 Å². The van der Waals surface area contributed by atoms with Crippen molar-refractivity contribution >= 4 is 44.3 Å². The summed E-state index contributed by atoms with van der Waals surface area (Å²) >= 11 is 7.20. The highest BCUT2D eigenvalue weighted by atomic mass is 79.9. The summed E-state index contributed by atoms with van der Waals surface area (Å²) in [5.41, 5.74) is 2.30. The molecule has 1 N–H and O–H groups in total. The van der Waals surface area contributed by atoms with Crippen LogP contribution in [0.25, 0.3) is 0 Å². The Morgan fingerprint density at radius 3 is 2.24 bits per heavy atom. The number of benzene rings is 2. The summed E-state index contributed by atoms with van der Waals surface area (Å²) in [6.45, 7) is 1.99. The van der Waals surface area contributed by atoms with Crippen LogP contribution < -0.4 is 10.1 Å². The molecule has 0 saturated carbocycles. The minimum atomic E-state index is 0. The zero-order chi connectivity index (χ0) is 16.8. The number of hydrogen-bond acceptors (Lipinski definition) is 3. The molecule has 25 heavy (non-hydrogen) atoms. The van der Waals surface area contributed by atoms with Crippen molar-refractivity contribution in [3.8, 4) is 5.75 Å². The average Bonchev–Trinajstić information content (AvgIpc) is 3.08. The zero-order valence-corrected chi connectivity index (χ0v) is 17.4. The van der Waals surface area contributed by atoms with E-state index in [1.54, 1.807) is 6.26 Å². The molecule has 0 aliphatic heterocycles. The van der Waals surface area contributed by atoms with E-state index in [0.717, 1.165) is 38.1 Å². The lowest BCUT2D eigenvalue weighted by molar-refractivity contribution is 0.302. The van der Waals surface area contributed by atoms with Gasteiger partial charge in [-0.25, -0.2) is 0 Å². The van der Waals surface area contributed by atoms with E-state index in [0.29, 0.717) is 13.2 Å². The van der Waals surface area contributed by atoms with Gasteiger partial charge in [-0.3, -0.25) is 0 Å². The summed E-state index contributed by atoms with van der Waals surface area (Å²) in [5, 5.41) is 3.36. The predicted molar refractivity (Wildman–Crippen MR) is 109 cm³/mol. The monoisotopic (exact) mass is 485 g/mol. The molecule has 1 aromatic heterocycles. The maximum Gasteiger partial charge on any atom is 0.148 e. The molecule has 3 aromatic rings. The fourth-order valence-corrected chi connectivity index (χ4v) is 3.84. The first-order valence-corrected chi connectivity index (χ1v) is 9.19. The van der Waals surface area contributed by atoms with Gasteiger partial charge in [-0.1, -0.05) is 30.3 Å². The second kappa shape index (κ2) is 10.0. The van der Waals surface area contributed by atoms with Crippen LogP contribution in [0, 0.1) is 0 Å². The summed E-state index contributed by atoms with van der Waals surface area (Å²) in [7, 11) is 0. The normalized spacial score (nSPS) is 10.3. The van der Waals surface area contributed by atoms with Gasteiger partial charge in [0.25, 0.3) is 0 Å². The lowest BCUT2D eigenvalue weighted by Crippen LogP contribution is -2.12. The molecule has 0 saturated heterocycles. The minimum Gasteiger partial charge on any atom is -0.487 e. The lowest BCUT2D eigenvalue weighted by Gasteiger charge is -2.13. The number of nitrogens with one attached hydrogen (secondary N) is 1. The van der Waals surface area contributed by atoms with Crippen LogP contribution in [0.4, 0.5) is 0 Å². The van der Waals surface area contributed by atoms with E-state index in [1.807, 2.05) is 30.3 Å². The van der Waals surface area contributed by atoms with Crippen molar-refractivity contribution < 1.29 is 9.15 Å². The standard InChI is InChI=1S/C19H17Br2NO2.ClH/c20-17-9-15(11-22-12-16-7-4-8-23-16)10-18(21)19(17)24-13-14-5-2-1-3-6-14;/h1-10,22H,11-13H2;1H. The number of ether oxygens (including phenoxy) is 1. The molecule has 0 amide bonds. The summed E-state index contributed by atoms with van der Waals surface area (Å²) in [4.78, 5) is 0. The van der Waals surface area contributed by atoms with E-state index in [4.69, 9.17) is 9.15 Å². The summed E-state index contributed by atoms with van der Waals surface area (Å²) in [5.74, 6) is 1.74. The average molecular weight is 488 g/mol. The molecule has 0 bridgehead atoms. The van der Waals surface area contributed by atoms with Crippen LogP contribution in [0.5, 0.6) is 5.75 Å². The third kappa shape index (κ3) is 5.89. The first kappa shape index (κ1) is 20.0. The fourth-order valence-electron chi connectivity index (χ4n) is 2.33. The number of furan rings is 1. The van der Waals surface area contributed by atoms with Gasteiger partial charge in [0.05, 0.1) is 21.8 Å². The van der Waals surface area contributed by atoms with E-state index in [1.165, 1.54) is 0 Å². The van der Waals surface area contributed by atoms with Crippen LogP contribution in [-0.2, 0) is 19.7 Å². The van der Waals surface area contributed by atoms with Gasteiger partial charge in [0.1, 0.15) is 18.1 Å². The highest BCUT2D eigenvalue weighted by Gasteiger charge is 2.09. The number of hydrogen-bond donors (Lipinski definition) is 1. The van der Waals surface area contributed by atoms with Gasteiger partial charge in [0, 0.05) is 6.54 Å². The number of halogens is 3. The second-order valence-electron chi connectivity index (χ2n) is 5.35. The molecule has 0 aliphatic carbocycles. The quantitative estimate of drug-likeness (QED) is 0.438. The van der Waals surface area contributed by atoms with Crippen molar-refractivity contribution in [2.45, 2.75) is 19.7 Å². The molecule has 2 aromatic carbocycles. The summed E-state index contributed by atoms with van der Waals surface area (Å²) in [6.07, 6.45) is 1.68. The molecule has 0 aliphatic rings. The molecule has 0 unspecified atom stereocenters. The van der Waals surface area contributed by atoms with Gasteiger partial charge in [0.15, 0.2) is 0 Å². The minimum absolute atomic E-state index is 0. The van der Waals surface area contributed by atoms with Crippen LogP contribution in [0.2, 0.25) is 0 Å². The molecule has 6 heteroatoms. The highest BCUT2D eigenvalue weighted by Crippen LogP contribution is 2.35. The van der Waals surface area contributed by atoms with E-state index < -0.39 is 0 Å². The van der Waals surface area contributed by atoms with Crippen molar-refractivity contribution in [3.63, 3.8) is 0 Å². The van der Waals surface area contributed by atoms with Crippen molar-refractivity contribution in [2.24, 2.45) is 0 Å². The van der Waals surface area contributed by atoms with E-state index in [9.17, 15) is 0 Å². The van der Waals surface area contributed by atoms with Crippen molar-refractivity contribution in [1.82, 2.24) is 5.32 Å². The van der Waals surface area contributed by atoms with Crippen LogP contribution in [0.15, 0.2) is 74.2 Å². The third-order valence-corrected chi connectivity index (χ3v) is 4.67. The molecule has 1 heterocycles. The highest BCUT2D eigenvalue weighted by molar-refractivity contribution is 9.11. The molecule has 0 spiro atoms. The van der Waals surface area contributed by atoms with Crippen LogP contribution in [0.3, 0.4) is 0 Å². The fraction of sp³-hybridized carbons (Fsp3) is 0.158. The molecule has 0 atom stereocenters. The predicted octanol–water partition coefficient (Wildman–Crippen LogP) is 6.10. The van der Waals surface area contributed by atoms with Crippen molar-refractivity contribution in [3.05, 3.63) is 86.7 Å². The SMILES string of the molecule is Brc1cc(CNCc2ccco2)cc(Br)c1OCc1ccccc1.Cl. The molecule has 3 nitrogen and oxygen atoms in total. The van der Waals surface area contributed by atoms with Gasteiger partial charge in [-0.05, 0) is 67.3 Å². The van der Waals surface area contributed by atoms with Gasteiger partial charge >= 0.3 is 0 Å². The Bertz CT molecular complexity index is 756. The van der Waals surface area contributed by atoms with E-state index in [2.05, 4.69) is 61.4 Å². The molecular formula is C19H18Br2ClNO2. The van der Waals surface area contributed by atoms with E-state index >= 15 is 0 Å². The Morgan fingerprint density at radius 2 is 1.60 bits per heavy atom. The second-order valence-corrected chi connectivity index (χ2v) is 7.05. The van der Waals surface area contributed by atoms with Gasteiger partial charge in [-0.15, -0.1) is 12.4 Å². The molecule has 0 fully saturated rings. The maximum atomic E-state index is 5.94. The first-order valence-electron chi connectivity index (χ1n) is 7.60. The Balaban J connectivity index is 0.00000225. The smallest absolute Gasteiger partial charge is 0.148 e. The first-order chi connectivity index (χ1) is 11.7. The Kier molecular flexibility index (Phi) is 8.03. The molecule has 3 rings (SSSR count). The van der Waals surface area contributed by atoms with Gasteiger partial charge in [-0.2, -0.15) is 0 Å². The lowest BCUT2D eigenvalue weighted by atomic mass is 10.2. The van der Waals surface area contributed by atoms with Crippen molar-refractivity contribution in [1.29, 1.82) is 0 Å². The summed E-state index contributed by atoms with van der Waals surface area (Å²) < 4.78 is 13.1. The van der Waals surface area contributed by atoms with Gasteiger partial charge < -0.3 is 14.5 Å². The largest absolute Gasteiger partial charge is 0.487 e. The number of rotatable bonds is 7. The van der Waals surface area contributed by atoms with E-state index in [-0.39, 0.29) is 12.4 Å². The zero-order valence-electron chi connectivity index (χ0n) is 13.4. The Hall–Kier alpha value is -1.27. The van der Waals surface area contributed by atoms with Gasteiger partial charge in [0.2, 0.25) is 0 Å². The Labute approximate surface area is 170 Å². The molecular weight excluding hydrogens is 469 g/mol. The molecule has 0 radical (unpaired) electrons. The Morgan fingerprint density at radius 1 is 0.880 bits per heavy atom. The van der Waals surface area contributed by atoms with Crippen LogP contribution >= 0.6 is 44.3 Å². The maximum absolute atomic E-state index is 5.94. The topological polar surface area (TPSA) is 34.4 Å². The summed E-state index contributed by atoms with van der Waals surface area (Å²) in [6, 6.07) is 18.1. The third-order valence-electron chi connectivity index (χ3n) is 3.49. The molecule has 132 valence electrons. The van der Waals surface area contributed by atoms with Crippen molar-refractivity contribution in [2.75, 3.05) is 0 Å².